The molecule has 0 amide bonds. The first-order chi connectivity index (χ1) is 7.46. The summed E-state index contributed by atoms with van der Waals surface area (Å²) in [7, 11) is 0. The summed E-state index contributed by atoms with van der Waals surface area (Å²) < 4.78 is 0. The molecule has 0 spiro atoms. The highest BCUT2D eigenvalue weighted by atomic mass is 14.9. The summed E-state index contributed by atoms with van der Waals surface area (Å²) in [4.78, 5) is 0. The van der Waals surface area contributed by atoms with Crippen molar-refractivity contribution in [3.8, 4) is 0 Å². The number of fused-ring (bicyclic) bond motifs is 1. The zero-order valence-corrected chi connectivity index (χ0v) is 10.5. The minimum atomic E-state index is 0.209. The average molecular weight is 218 g/mol. The van der Waals surface area contributed by atoms with Gasteiger partial charge in [0.05, 0.1) is 0 Å². The van der Waals surface area contributed by atoms with Crippen LogP contribution in [-0.4, -0.2) is 12.1 Å². The second-order valence-electron chi connectivity index (χ2n) is 5.89. The van der Waals surface area contributed by atoms with E-state index in [1.54, 1.807) is 0 Å². The van der Waals surface area contributed by atoms with E-state index in [9.17, 15) is 0 Å². The third-order valence-corrected chi connectivity index (χ3v) is 3.23. The Labute approximate surface area is 98.2 Å². The lowest BCUT2D eigenvalue weighted by Gasteiger charge is -2.23. The Morgan fingerprint density at radius 3 is 2.69 bits per heavy atom. The number of rotatable bonds is 2. The Balaban J connectivity index is 1.98. The molecule has 2 rings (SSSR count). The Morgan fingerprint density at radius 1 is 1.31 bits per heavy atom. The van der Waals surface area contributed by atoms with Crippen LogP contribution >= 0.6 is 0 Å². The van der Waals surface area contributed by atoms with Crippen molar-refractivity contribution >= 4 is 5.69 Å². The maximum absolute atomic E-state index is 6.00. The van der Waals surface area contributed by atoms with Crippen molar-refractivity contribution in [2.24, 2.45) is 5.92 Å². The van der Waals surface area contributed by atoms with Crippen molar-refractivity contribution in [2.45, 2.75) is 39.2 Å². The van der Waals surface area contributed by atoms with Crippen molar-refractivity contribution in [1.82, 2.24) is 5.32 Å². The molecule has 0 heterocycles. The van der Waals surface area contributed by atoms with Crippen LogP contribution < -0.4 is 11.1 Å². The first-order valence-electron chi connectivity index (χ1n) is 6.07. The monoisotopic (exact) mass is 218 g/mol. The highest BCUT2D eigenvalue weighted by Gasteiger charge is 2.23. The van der Waals surface area contributed by atoms with Gasteiger partial charge in [-0.05, 0) is 63.3 Å². The van der Waals surface area contributed by atoms with Gasteiger partial charge in [0.1, 0.15) is 0 Å². The van der Waals surface area contributed by atoms with Gasteiger partial charge in [0.2, 0.25) is 0 Å². The summed E-state index contributed by atoms with van der Waals surface area (Å²) in [6, 6.07) is 6.29. The molecule has 1 aromatic rings. The lowest BCUT2D eigenvalue weighted by Crippen LogP contribution is -2.39. The molecular formula is C14H22N2. The quantitative estimate of drug-likeness (QED) is 0.748. The van der Waals surface area contributed by atoms with Crippen LogP contribution in [0.2, 0.25) is 0 Å². The van der Waals surface area contributed by atoms with Crippen LogP contribution in [0.25, 0.3) is 0 Å². The van der Waals surface area contributed by atoms with Crippen LogP contribution in [0.3, 0.4) is 0 Å². The molecule has 1 atom stereocenters. The van der Waals surface area contributed by atoms with Crippen molar-refractivity contribution in [3.63, 3.8) is 0 Å². The van der Waals surface area contributed by atoms with Crippen LogP contribution in [-0.2, 0) is 12.8 Å². The maximum atomic E-state index is 6.00. The Bertz CT molecular complexity index is 377. The highest BCUT2D eigenvalue weighted by Crippen LogP contribution is 2.30. The minimum absolute atomic E-state index is 0.209. The van der Waals surface area contributed by atoms with Gasteiger partial charge in [0.25, 0.3) is 0 Å². The molecule has 1 unspecified atom stereocenters. The van der Waals surface area contributed by atoms with Crippen LogP contribution in [0.15, 0.2) is 18.2 Å². The normalized spacial score (nSPS) is 19.8. The van der Waals surface area contributed by atoms with Gasteiger partial charge in [0, 0.05) is 11.2 Å². The predicted molar refractivity (Wildman–Crippen MR) is 69.5 cm³/mol. The smallest absolute Gasteiger partial charge is 0.0349 e. The fraction of sp³-hybridized carbons (Fsp3) is 0.571. The van der Waals surface area contributed by atoms with Gasteiger partial charge in [-0.25, -0.2) is 0 Å². The van der Waals surface area contributed by atoms with E-state index >= 15 is 0 Å². The average Bonchev–Trinajstić information content (AvgIpc) is 2.58. The van der Waals surface area contributed by atoms with E-state index in [4.69, 9.17) is 5.73 Å². The number of nitrogens with two attached hydrogens (primary N) is 1. The number of nitrogen functional groups attached to an aromatic ring is 1. The van der Waals surface area contributed by atoms with Crippen LogP contribution in [0.1, 0.15) is 31.9 Å². The summed E-state index contributed by atoms with van der Waals surface area (Å²) in [5.41, 5.74) is 10.00. The summed E-state index contributed by atoms with van der Waals surface area (Å²) >= 11 is 0. The molecule has 88 valence electrons. The SMILES string of the molecule is CC(C)(C)NCC1Cc2cccc(N)c2C1. The van der Waals surface area contributed by atoms with E-state index in [0.29, 0.717) is 5.92 Å². The predicted octanol–water partition coefficient (Wildman–Crippen LogP) is 2.37. The van der Waals surface area contributed by atoms with Crippen LogP contribution in [0, 0.1) is 5.92 Å². The van der Waals surface area contributed by atoms with E-state index in [1.165, 1.54) is 17.5 Å². The molecule has 1 aromatic carbocycles. The van der Waals surface area contributed by atoms with Gasteiger partial charge in [-0.3, -0.25) is 0 Å². The molecule has 1 aliphatic rings. The number of nitrogens with one attached hydrogen (secondary N) is 1. The fourth-order valence-corrected chi connectivity index (χ4v) is 2.36. The van der Waals surface area contributed by atoms with E-state index in [0.717, 1.165) is 18.7 Å². The van der Waals surface area contributed by atoms with Gasteiger partial charge in [-0.2, -0.15) is 0 Å². The van der Waals surface area contributed by atoms with Gasteiger partial charge in [0.15, 0.2) is 0 Å². The molecule has 0 radical (unpaired) electrons. The first-order valence-corrected chi connectivity index (χ1v) is 6.07. The number of anilines is 1. The molecular weight excluding hydrogens is 196 g/mol. The van der Waals surface area contributed by atoms with Crippen LogP contribution in [0.5, 0.6) is 0 Å². The molecule has 2 nitrogen and oxygen atoms in total. The summed E-state index contributed by atoms with van der Waals surface area (Å²) in [5, 5.41) is 3.58. The van der Waals surface area contributed by atoms with E-state index < -0.39 is 0 Å². The lowest BCUT2D eigenvalue weighted by molar-refractivity contribution is 0.377. The molecule has 3 N–H and O–H groups in total. The standard InChI is InChI=1S/C14H22N2/c1-14(2,3)16-9-10-7-11-5-4-6-13(15)12(11)8-10/h4-6,10,16H,7-9,15H2,1-3H3. The summed E-state index contributed by atoms with van der Waals surface area (Å²) in [5.74, 6) is 0.707. The Morgan fingerprint density at radius 2 is 2.06 bits per heavy atom. The molecule has 0 bridgehead atoms. The van der Waals surface area contributed by atoms with E-state index in [2.05, 4.69) is 38.2 Å². The zero-order chi connectivity index (χ0) is 11.8. The van der Waals surface area contributed by atoms with Crippen LogP contribution in [0.4, 0.5) is 5.69 Å². The summed E-state index contributed by atoms with van der Waals surface area (Å²) in [6.45, 7) is 7.72. The third kappa shape index (κ3) is 2.56. The second-order valence-corrected chi connectivity index (χ2v) is 5.89. The maximum Gasteiger partial charge on any atom is 0.0349 e. The number of benzene rings is 1. The molecule has 2 heteroatoms. The number of hydrogen-bond donors (Lipinski definition) is 2. The van der Waals surface area contributed by atoms with Crippen molar-refractivity contribution < 1.29 is 0 Å². The number of hydrogen-bond acceptors (Lipinski definition) is 2. The van der Waals surface area contributed by atoms with Gasteiger partial charge in [-0.1, -0.05) is 12.1 Å². The molecule has 0 saturated heterocycles. The molecule has 0 aliphatic heterocycles. The van der Waals surface area contributed by atoms with Gasteiger partial charge >= 0.3 is 0 Å². The minimum Gasteiger partial charge on any atom is -0.398 e. The van der Waals surface area contributed by atoms with Crippen molar-refractivity contribution in [1.29, 1.82) is 0 Å². The third-order valence-electron chi connectivity index (χ3n) is 3.23. The topological polar surface area (TPSA) is 38.0 Å². The molecule has 1 aliphatic carbocycles. The Hall–Kier alpha value is -1.02. The first kappa shape index (κ1) is 11.5. The molecule has 16 heavy (non-hydrogen) atoms. The highest BCUT2D eigenvalue weighted by molar-refractivity contribution is 5.53. The largest absolute Gasteiger partial charge is 0.398 e. The molecule has 0 saturated carbocycles. The Kier molecular flexibility index (Phi) is 2.94. The van der Waals surface area contributed by atoms with Gasteiger partial charge < -0.3 is 11.1 Å². The summed E-state index contributed by atoms with van der Waals surface area (Å²) in [6.07, 6.45) is 2.30. The molecule has 0 aromatic heterocycles. The fourth-order valence-electron chi connectivity index (χ4n) is 2.36. The van der Waals surface area contributed by atoms with E-state index in [1.807, 2.05) is 6.07 Å². The molecule has 0 fully saturated rings. The van der Waals surface area contributed by atoms with Crippen molar-refractivity contribution in [2.75, 3.05) is 12.3 Å². The van der Waals surface area contributed by atoms with E-state index in [-0.39, 0.29) is 5.54 Å². The van der Waals surface area contributed by atoms with Crippen molar-refractivity contribution in [3.05, 3.63) is 29.3 Å². The van der Waals surface area contributed by atoms with Gasteiger partial charge in [-0.15, -0.1) is 0 Å². The second kappa shape index (κ2) is 4.10. The zero-order valence-electron chi connectivity index (χ0n) is 10.5. The lowest BCUT2D eigenvalue weighted by atomic mass is 10.0.